The Labute approximate surface area is 160 Å². The lowest BCUT2D eigenvalue weighted by molar-refractivity contribution is 0.381. The average molecular weight is 367 g/mol. The molecule has 0 aliphatic heterocycles. The Hall–Kier alpha value is -2.31. The summed E-state index contributed by atoms with van der Waals surface area (Å²) in [6, 6.07) is 5.96. The molecule has 0 aliphatic rings. The van der Waals surface area contributed by atoms with Gasteiger partial charge in [-0.2, -0.15) is 0 Å². The molecule has 1 atom stereocenters. The molecule has 3 aromatic rings. The van der Waals surface area contributed by atoms with Gasteiger partial charge in [-0.1, -0.05) is 13.8 Å². The summed E-state index contributed by atoms with van der Waals surface area (Å²) >= 11 is 0. The van der Waals surface area contributed by atoms with E-state index in [0.717, 1.165) is 59.6 Å². The Morgan fingerprint density at radius 1 is 1.15 bits per heavy atom. The number of benzene rings is 1. The highest BCUT2D eigenvalue weighted by Gasteiger charge is 2.16. The molecule has 0 radical (unpaired) electrons. The molecule has 0 aliphatic carbocycles. The molecule has 0 fully saturated rings. The number of fused-ring (bicyclic) bond motifs is 1. The van der Waals surface area contributed by atoms with Gasteiger partial charge in [0.25, 0.3) is 0 Å². The van der Waals surface area contributed by atoms with Gasteiger partial charge in [0, 0.05) is 23.4 Å². The highest BCUT2D eigenvalue weighted by atomic mass is 16.3. The van der Waals surface area contributed by atoms with Crippen molar-refractivity contribution in [2.45, 2.75) is 39.2 Å². The zero-order valence-corrected chi connectivity index (χ0v) is 16.6. The Bertz CT molecular complexity index is 874. The highest BCUT2D eigenvalue weighted by Crippen LogP contribution is 2.28. The molecule has 2 N–H and O–H groups in total. The third-order valence-corrected chi connectivity index (χ3v) is 4.67. The second kappa shape index (κ2) is 8.59. The van der Waals surface area contributed by atoms with Gasteiger partial charge in [0.1, 0.15) is 5.82 Å². The number of nitrogens with two attached hydrogens (primary N) is 1. The number of rotatable bonds is 8. The van der Waals surface area contributed by atoms with E-state index >= 15 is 0 Å². The van der Waals surface area contributed by atoms with Gasteiger partial charge in [-0.25, -0.2) is 15.0 Å². The summed E-state index contributed by atoms with van der Waals surface area (Å²) < 4.78 is 5.45. The van der Waals surface area contributed by atoms with Gasteiger partial charge < -0.3 is 15.1 Å². The maximum Gasteiger partial charge on any atom is 0.181 e. The molecule has 0 spiro atoms. The number of aryl methyl sites for hydroxylation is 1. The molecule has 6 nitrogen and oxygen atoms in total. The van der Waals surface area contributed by atoms with Crippen LogP contribution in [0.3, 0.4) is 0 Å². The zero-order chi connectivity index (χ0) is 19.4. The number of hydrogen-bond acceptors (Lipinski definition) is 6. The van der Waals surface area contributed by atoms with Crippen molar-refractivity contribution in [3.8, 4) is 11.3 Å². The van der Waals surface area contributed by atoms with Crippen LogP contribution in [0.25, 0.3) is 22.2 Å². The van der Waals surface area contributed by atoms with Gasteiger partial charge in [-0.15, -0.1) is 0 Å². The minimum Gasteiger partial charge on any atom is -0.444 e. The summed E-state index contributed by atoms with van der Waals surface area (Å²) in [7, 11) is 4.11. The van der Waals surface area contributed by atoms with Gasteiger partial charge >= 0.3 is 0 Å². The quantitative estimate of drug-likeness (QED) is 0.652. The second-order valence-corrected chi connectivity index (χ2v) is 7.75. The minimum absolute atomic E-state index is 0.138. The van der Waals surface area contributed by atoms with Gasteiger partial charge in [0.05, 0.1) is 17.4 Å². The molecule has 1 unspecified atom stereocenters. The van der Waals surface area contributed by atoms with Crippen LogP contribution >= 0.6 is 0 Å². The monoisotopic (exact) mass is 367 g/mol. The Kier molecular flexibility index (Phi) is 6.19. The molecule has 0 bridgehead atoms. The molecule has 144 valence electrons. The van der Waals surface area contributed by atoms with Crippen molar-refractivity contribution in [2.75, 3.05) is 20.6 Å². The van der Waals surface area contributed by atoms with Crippen LogP contribution in [-0.2, 0) is 6.42 Å². The van der Waals surface area contributed by atoms with Crippen LogP contribution < -0.4 is 5.73 Å². The van der Waals surface area contributed by atoms with Crippen LogP contribution in [0.15, 0.2) is 35.2 Å². The van der Waals surface area contributed by atoms with Crippen LogP contribution in [0.1, 0.15) is 44.2 Å². The molecular formula is C21H29N5O. The van der Waals surface area contributed by atoms with Crippen LogP contribution in [0.4, 0.5) is 0 Å². The molecule has 2 aromatic heterocycles. The fourth-order valence-corrected chi connectivity index (χ4v) is 3.06. The Morgan fingerprint density at radius 3 is 2.63 bits per heavy atom. The molecule has 2 heterocycles. The van der Waals surface area contributed by atoms with Gasteiger partial charge in [0.2, 0.25) is 0 Å². The molecule has 0 amide bonds. The van der Waals surface area contributed by atoms with Crippen molar-refractivity contribution < 1.29 is 4.42 Å². The third kappa shape index (κ3) is 4.90. The number of hydrogen-bond donors (Lipinski definition) is 1. The van der Waals surface area contributed by atoms with E-state index in [2.05, 4.69) is 43.9 Å². The maximum absolute atomic E-state index is 6.55. The largest absolute Gasteiger partial charge is 0.444 e. The van der Waals surface area contributed by atoms with Crippen molar-refractivity contribution in [3.05, 3.63) is 42.3 Å². The number of oxazole rings is 1. The molecule has 3 rings (SSSR count). The Balaban J connectivity index is 2.03. The first-order chi connectivity index (χ1) is 12.9. The minimum atomic E-state index is -0.138. The van der Waals surface area contributed by atoms with E-state index in [-0.39, 0.29) is 6.04 Å². The van der Waals surface area contributed by atoms with E-state index in [1.165, 1.54) is 6.39 Å². The first-order valence-corrected chi connectivity index (χ1v) is 9.53. The fourth-order valence-electron chi connectivity index (χ4n) is 3.06. The average Bonchev–Trinajstić information content (AvgIpc) is 3.18. The van der Waals surface area contributed by atoms with E-state index in [4.69, 9.17) is 20.1 Å². The van der Waals surface area contributed by atoms with Crippen LogP contribution in [0.5, 0.6) is 0 Å². The zero-order valence-electron chi connectivity index (χ0n) is 16.6. The predicted octanol–water partition coefficient (Wildman–Crippen LogP) is 3.82. The van der Waals surface area contributed by atoms with E-state index in [0.29, 0.717) is 5.92 Å². The lowest BCUT2D eigenvalue weighted by Crippen LogP contribution is -2.21. The second-order valence-electron chi connectivity index (χ2n) is 7.75. The fraction of sp³-hybridized carbons (Fsp3) is 0.476. The number of nitrogens with zero attached hydrogens (tertiary/aromatic N) is 4. The smallest absolute Gasteiger partial charge is 0.181 e. The van der Waals surface area contributed by atoms with E-state index in [1.807, 2.05) is 12.1 Å². The molecule has 27 heavy (non-hydrogen) atoms. The molecule has 1 aromatic carbocycles. The van der Waals surface area contributed by atoms with E-state index in [9.17, 15) is 0 Å². The van der Waals surface area contributed by atoms with Crippen LogP contribution in [0.2, 0.25) is 0 Å². The van der Waals surface area contributed by atoms with Crippen LogP contribution in [-0.4, -0.2) is 40.5 Å². The molecule has 0 saturated heterocycles. The van der Waals surface area contributed by atoms with Gasteiger partial charge in [-0.3, -0.25) is 0 Å². The molecule has 0 saturated carbocycles. The Morgan fingerprint density at radius 2 is 1.96 bits per heavy atom. The van der Waals surface area contributed by atoms with E-state index in [1.54, 1.807) is 6.20 Å². The van der Waals surface area contributed by atoms with Gasteiger partial charge in [0.15, 0.2) is 12.2 Å². The third-order valence-electron chi connectivity index (χ3n) is 4.67. The van der Waals surface area contributed by atoms with Crippen molar-refractivity contribution in [3.63, 3.8) is 0 Å². The molecule has 6 heteroatoms. The summed E-state index contributed by atoms with van der Waals surface area (Å²) in [4.78, 5) is 15.8. The topological polar surface area (TPSA) is 81.1 Å². The summed E-state index contributed by atoms with van der Waals surface area (Å²) in [5, 5.41) is 0.989. The van der Waals surface area contributed by atoms with Crippen molar-refractivity contribution in [1.82, 2.24) is 19.9 Å². The lowest BCUT2D eigenvalue weighted by Gasteiger charge is -2.18. The highest BCUT2D eigenvalue weighted by molar-refractivity contribution is 5.85. The van der Waals surface area contributed by atoms with E-state index < -0.39 is 0 Å². The molecular weight excluding hydrogens is 338 g/mol. The SMILES string of the molecule is CC(C)CCc1nc(C(N)CCN(C)C)c2cc(-c3cnco3)ccc2n1. The van der Waals surface area contributed by atoms with Crippen molar-refractivity contribution in [1.29, 1.82) is 0 Å². The predicted molar refractivity (Wildman–Crippen MR) is 108 cm³/mol. The summed E-state index contributed by atoms with van der Waals surface area (Å²) in [6.07, 6.45) is 5.92. The first-order valence-electron chi connectivity index (χ1n) is 9.53. The normalized spacial score (nSPS) is 13.0. The van der Waals surface area contributed by atoms with Crippen molar-refractivity contribution >= 4 is 10.9 Å². The number of aromatic nitrogens is 3. The van der Waals surface area contributed by atoms with Crippen LogP contribution in [0, 0.1) is 5.92 Å². The first kappa shape index (κ1) is 19.5. The maximum atomic E-state index is 6.55. The standard InChI is InChI=1S/C21H29N5O/c1-14(2)5-8-20-24-18-7-6-15(19-12-23-13-27-19)11-16(18)21(25-20)17(22)9-10-26(3)4/h6-7,11-14,17H,5,8-10,22H2,1-4H3. The van der Waals surface area contributed by atoms with Crippen molar-refractivity contribution in [2.24, 2.45) is 11.7 Å². The summed E-state index contributed by atoms with van der Waals surface area (Å²) in [5.41, 5.74) is 9.36. The summed E-state index contributed by atoms with van der Waals surface area (Å²) in [6.45, 7) is 5.35. The van der Waals surface area contributed by atoms with Gasteiger partial charge in [-0.05, 0) is 57.6 Å². The summed E-state index contributed by atoms with van der Waals surface area (Å²) in [5.74, 6) is 2.22. The lowest BCUT2D eigenvalue weighted by atomic mass is 10.0.